The molecule has 3 nitrogen and oxygen atoms in total. The van der Waals surface area contributed by atoms with Gasteiger partial charge in [0.15, 0.2) is 0 Å². The van der Waals surface area contributed by atoms with Crippen LogP contribution in [0.5, 0.6) is 0 Å². The van der Waals surface area contributed by atoms with E-state index in [4.69, 9.17) is 0 Å². The summed E-state index contributed by atoms with van der Waals surface area (Å²) in [5.74, 6) is 0. The second kappa shape index (κ2) is 2.47. The maximum absolute atomic E-state index is 4.10. The Morgan fingerprint density at radius 2 is 2.08 bits per heavy atom. The summed E-state index contributed by atoms with van der Waals surface area (Å²) < 4.78 is 0. The SMILES string of the molecule is c1cc2c(cn1)nnc1sccc12. The average molecular weight is 187 g/mol. The molecule has 62 valence electrons. The Kier molecular flexibility index (Phi) is 1.31. The number of hydrogen-bond acceptors (Lipinski definition) is 4. The van der Waals surface area contributed by atoms with Crippen LogP contribution >= 0.6 is 11.3 Å². The minimum Gasteiger partial charge on any atom is -0.262 e. The van der Waals surface area contributed by atoms with Crippen molar-refractivity contribution >= 4 is 32.5 Å². The summed E-state index contributed by atoms with van der Waals surface area (Å²) in [6.45, 7) is 0. The van der Waals surface area contributed by atoms with Crippen LogP contribution in [0.15, 0.2) is 29.9 Å². The van der Waals surface area contributed by atoms with Gasteiger partial charge in [-0.25, -0.2) is 0 Å². The molecule has 3 aromatic heterocycles. The van der Waals surface area contributed by atoms with Crippen LogP contribution in [0.2, 0.25) is 0 Å². The fraction of sp³-hybridized carbons (Fsp3) is 0. The van der Waals surface area contributed by atoms with Gasteiger partial charge >= 0.3 is 0 Å². The van der Waals surface area contributed by atoms with E-state index in [0.717, 1.165) is 21.1 Å². The first-order chi connectivity index (χ1) is 6.45. The Bertz CT molecular complexity index is 573. The van der Waals surface area contributed by atoms with Gasteiger partial charge in [-0.2, -0.15) is 0 Å². The second-order valence-corrected chi connectivity index (χ2v) is 3.63. The van der Waals surface area contributed by atoms with Crippen LogP contribution in [-0.4, -0.2) is 15.2 Å². The van der Waals surface area contributed by atoms with E-state index in [1.807, 2.05) is 11.4 Å². The van der Waals surface area contributed by atoms with Gasteiger partial charge in [0.25, 0.3) is 0 Å². The van der Waals surface area contributed by atoms with E-state index in [1.165, 1.54) is 0 Å². The molecule has 0 saturated heterocycles. The summed E-state index contributed by atoms with van der Waals surface area (Å²) in [7, 11) is 0. The lowest BCUT2D eigenvalue weighted by Gasteiger charge is -1.94. The molecule has 0 aromatic carbocycles. The number of nitrogens with zero attached hydrogens (tertiary/aromatic N) is 3. The Morgan fingerprint density at radius 3 is 3.08 bits per heavy atom. The van der Waals surface area contributed by atoms with Crippen LogP contribution < -0.4 is 0 Å². The minimum atomic E-state index is 0.855. The molecule has 0 saturated carbocycles. The molecule has 4 heteroatoms. The Labute approximate surface area is 78.1 Å². The highest BCUT2D eigenvalue weighted by molar-refractivity contribution is 7.16. The third kappa shape index (κ3) is 0.922. The molecule has 0 atom stereocenters. The van der Waals surface area contributed by atoms with Crippen LogP contribution in [0.3, 0.4) is 0 Å². The molecule has 0 amide bonds. The predicted octanol–water partition coefficient (Wildman–Crippen LogP) is 2.24. The van der Waals surface area contributed by atoms with Gasteiger partial charge in [-0.05, 0) is 17.5 Å². The van der Waals surface area contributed by atoms with E-state index in [9.17, 15) is 0 Å². The molecule has 3 rings (SSSR count). The fourth-order valence-corrected chi connectivity index (χ4v) is 2.10. The van der Waals surface area contributed by atoms with Crippen LogP contribution in [0.1, 0.15) is 0 Å². The van der Waals surface area contributed by atoms with Crippen LogP contribution in [-0.2, 0) is 0 Å². The zero-order valence-corrected chi connectivity index (χ0v) is 7.45. The van der Waals surface area contributed by atoms with Crippen molar-refractivity contribution in [1.29, 1.82) is 0 Å². The van der Waals surface area contributed by atoms with Gasteiger partial charge in [0, 0.05) is 17.0 Å². The monoisotopic (exact) mass is 187 g/mol. The number of rotatable bonds is 0. The van der Waals surface area contributed by atoms with Crippen LogP contribution in [0, 0.1) is 0 Å². The Morgan fingerprint density at radius 1 is 1.08 bits per heavy atom. The largest absolute Gasteiger partial charge is 0.262 e. The van der Waals surface area contributed by atoms with Crippen molar-refractivity contribution in [2.45, 2.75) is 0 Å². The van der Waals surface area contributed by atoms with Gasteiger partial charge in [0.05, 0.1) is 6.20 Å². The number of fused-ring (bicyclic) bond motifs is 3. The third-order valence-corrected chi connectivity index (χ3v) is 2.78. The highest BCUT2D eigenvalue weighted by atomic mass is 32.1. The first-order valence-electron chi connectivity index (χ1n) is 3.89. The lowest BCUT2D eigenvalue weighted by atomic mass is 10.2. The van der Waals surface area contributed by atoms with Gasteiger partial charge in [0.1, 0.15) is 10.3 Å². The van der Waals surface area contributed by atoms with Crippen molar-refractivity contribution in [2.24, 2.45) is 0 Å². The quantitative estimate of drug-likeness (QED) is 0.541. The topological polar surface area (TPSA) is 38.7 Å². The molecule has 0 radical (unpaired) electrons. The summed E-state index contributed by atoms with van der Waals surface area (Å²) in [5.41, 5.74) is 0.855. The van der Waals surface area contributed by atoms with E-state index < -0.39 is 0 Å². The zero-order chi connectivity index (χ0) is 8.67. The summed E-state index contributed by atoms with van der Waals surface area (Å²) in [5, 5.41) is 12.5. The van der Waals surface area contributed by atoms with Crippen LogP contribution in [0.4, 0.5) is 0 Å². The first-order valence-corrected chi connectivity index (χ1v) is 4.77. The standard InChI is InChI=1S/C9H5N3S/c1-3-10-5-8-6(1)7-2-4-13-9(7)12-11-8/h1-5H. The molecule has 3 heterocycles. The minimum absolute atomic E-state index is 0.855. The van der Waals surface area contributed by atoms with E-state index in [0.29, 0.717) is 0 Å². The number of pyridine rings is 1. The summed E-state index contributed by atoms with van der Waals surface area (Å²) >= 11 is 1.61. The number of hydrogen-bond donors (Lipinski definition) is 0. The smallest absolute Gasteiger partial charge is 0.146 e. The number of thiophene rings is 1. The van der Waals surface area contributed by atoms with Gasteiger partial charge in [-0.15, -0.1) is 21.5 Å². The molecule has 0 spiro atoms. The molecule has 0 aliphatic heterocycles. The molecular formula is C9H5N3S. The third-order valence-electron chi connectivity index (χ3n) is 1.98. The van der Waals surface area contributed by atoms with Crippen molar-refractivity contribution in [2.75, 3.05) is 0 Å². The molecule has 3 aromatic rings. The highest BCUT2D eigenvalue weighted by Crippen LogP contribution is 2.24. The Hall–Kier alpha value is -1.55. The lowest BCUT2D eigenvalue weighted by Crippen LogP contribution is -1.84. The fourth-order valence-electron chi connectivity index (χ4n) is 1.38. The predicted molar refractivity (Wildman–Crippen MR) is 52.7 cm³/mol. The van der Waals surface area contributed by atoms with Crippen LogP contribution in [0.25, 0.3) is 21.1 Å². The molecule has 0 bridgehead atoms. The normalized spacial score (nSPS) is 11.1. The molecule has 13 heavy (non-hydrogen) atoms. The molecule has 0 fully saturated rings. The molecular weight excluding hydrogens is 182 g/mol. The lowest BCUT2D eigenvalue weighted by molar-refractivity contribution is 1.12. The van der Waals surface area contributed by atoms with Gasteiger partial charge in [-0.3, -0.25) is 4.98 Å². The van der Waals surface area contributed by atoms with E-state index in [2.05, 4.69) is 21.2 Å². The van der Waals surface area contributed by atoms with Crippen molar-refractivity contribution in [3.63, 3.8) is 0 Å². The molecule has 0 aliphatic rings. The summed E-state index contributed by atoms with van der Waals surface area (Å²) in [4.78, 5) is 4.99. The van der Waals surface area contributed by atoms with Crippen molar-refractivity contribution in [3.05, 3.63) is 29.9 Å². The molecule has 0 unspecified atom stereocenters. The van der Waals surface area contributed by atoms with Gasteiger partial charge in [-0.1, -0.05) is 0 Å². The summed E-state index contributed by atoms with van der Waals surface area (Å²) in [6.07, 6.45) is 3.51. The molecule has 0 N–H and O–H groups in total. The Balaban J connectivity index is 2.65. The maximum atomic E-state index is 4.10. The summed E-state index contributed by atoms with van der Waals surface area (Å²) in [6, 6.07) is 4.04. The van der Waals surface area contributed by atoms with Gasteiger partial charge in [0.2, 0.25) is 0 Å². The molecule has 0 aliphatic carbocycles. The van der Waals surface area contributed by atoms with Gasteiger partial charge < -0.3 is 0 Å². The van der Waals surface area contributed by atoms with E-state index in [-0.39, 0.29) is 0 Å². The highest BCUT2D eigenvalue weighted by Gasteiger charge is 2.02. The van der Waals surface area contributed by atoms with Crippen molar-refractivity contribution in [1.82, 2.24) is 15.2 Å². The van der Waals surface area contributed by atoms with Crippen molar-refractivity contribution < 1.29 is 0 Å². The first kappa shape index (κ1) is 6.91. The number of aromatic nitrogens is 3. The zero-order valence-electron chi connectivity index (χ0n) is 6.64. The van der Waals surface area contributed by atoms with E-state index in [1.54, 1.807) is 23.7 Å². The average Bonchev–Trinajstić information content (AvgIpc) is 2.65. The second-order valence-electron chi connectivity index (χ2n) is 2.73. The maximum Gasteiger partial charge on any atom is 0.146 e. The van der Waals surface area contributed by atoms with Crippen molar-refractivity contribution in [3.8, 4) is 0 Å². The van der Waals surface area contributed by atoms with E-state index >= 15 is 0 Å².